The van der Waals surface area contributed by atoms with Crippen molar-refractivity contribution in [3.05, 3.63) is 47.8 Å². The maximum absolute atomic E-state index is 12.4. The summed E-state index contributed by atoms with van der Waals surface area (Å²) in [5.74, 6) is -0.262. The van der Waals surface area contributed by atoms with Gasteiger partial charge in [0.2, 0.25) is 6.54 Å². The lowest BCUT2D eigenvalue weighted by Crippen LogP contribution is -2.47. The van der Waals surface area contributed by atoms with Crippen LogP contribution in [0.25, 0.3) is 0 Å². The third kappa shape index (κ3) is 5.45. The Morgan fingerprint density at radius 2 is 1.92 bits per heavy atom. The molecule has 0 aliphatic rings. The SMILES string of the molecule is CCOC(=O)CCCn1ccc[n+]1CC(=O)Nc1c(C)cccc1C. The normalized spacial score (nSPS) is 10.5. The summed E-state index contributed by atoms with van der Waals surface area (Å²) < 4.78 is 8.70. The molecule has 1 aromatic heterocycles. The highest BCUT2D eigenvalue weighted by atomic mass is 16.5. The lowest BCUT2D eigenvalue weighted by molar-refractivity contribution is -0.764. The van der Waals surface area contributed by atoms with Crippen molar-refractivity contribution in [3.63, 3.8) is 0 Å². The monoisotopic (exact) mass is 344 g/mol. The number of para-hydroxylation sites is 1. The zero-order chi connectivity index (χ0) is 18.2. The first-order valence-corrected chi connectivity index (χ1v) is 8.57. The molecule has 0 saturated heterocycles. The molecule has 0 saturated carbocycles. The summed E-state index contributed by atoms with van der Waals surface area (Å²) in [6.45, 7) is 7.04. The van der Waals surface area contributed by atoms with Gasteiger partial charge < -0.3 is 10.1 Å². The summed E-state index contributed by atoms with van der Waals surface area (Å²) in [7, 11) is 0. The summed E-state index contributed by atoms with van der Waals surface area (Å²) in [5, 5.41) is 2.99. The fourth-order valence-corrected chi connectivity index (χ4v) is 2.71. The van der Waals surface area contributed by atoms with Gasteiger partial charge in [-0.3, -0.25) is 9.59 Å². The molecular weight excluding hydrogens is 318 g/mol. The molecular formula is C19H26N3O3+. The van der Waals surface area contributed by atoms with E-state index in [-0.39, 0.29) is 18.4 Å². The number of nitrogens with zero attached hydrogens (tertiary/aromatic N) is 2. The van der Waals surface area contributed by atoms with E-state index in [1.54, 1.807) is 6.92 Å². The van der Waals surface area contributed by atoms with Gasteiger partial charge in [-0.25, -0.2) is 0 Å². The lowest BCUT2D eigenvalue weighted by Gasteiger charge is -2.10. The molecule has 2 rings (SSSR count). The number of aryl methyl sites for hydroxylation is 3. The molecule has 0 bridgehead atoms. The Morgan fingerprint density at radius 3 is 2.60 bits per heavy atom. The van der Waals surface area contributed by atoms with Crippen molar-refractivity contribution < 1.29 is 19.0 Å². The van der Waals surface area contributed by atoms with Gasteiger partial charge in [0.15, 0.2) is 6.20 Å². The standard InChI is InChI=1S/C19H25N3O3/c1-4-25-18(24)10-6-11-21-12-7-13-22(21)14-17(23)20-19-15(2)8-5-9-16(19)3/h5,7-9,12-13H,4,6,10-11,14H2,1-3H3/p+1. The molecule has 0 fully saturated rings. The van der Waals surface area contributed by atoms with Crippen LogP contribution in [0.2, 0.25) is 0 Å². The number of carbonyl (C=O) groups excluding carboxylic acids is 2. The largest absolute Gasteiger partial charge is 0.466 e. The fourth-order valence-electron chi connectivity index (χ4n) is 2.71. The van der Waals surface area contributed by atoms with E-state index in [1.807, 2.05) is 59.9 Å². The first-order valence-electron chi connectivity index (χ1n) is 8.57. The quantitative estimate of drug-likeness (QED) is 0.591. The van der Waals surface area contributed by atoms with Crippen LogP contribution in [0.5, 0.6) is 0 Å². The third-order valence-corrected chi connectivity index (χ3v) is 3.97. The van der Waals surface area contributed by atoms with Crippen molar-refractivity contribution in [2.75, 3.05) is 11.9 Å². The third-order valence-electron chi connectivity index (χ3n) is 3.97. The summed E-state index contributed by atoms with van der Waals surface area (Å²) in [4.78, 5) is 23.8. The number of anilines is 1. The van der Waals surface area contributed by atoms with Gasteiger partial charge in [0.05, 0.1) is 19.3 Å². The van der Waals surface area contributed by atoms with E-state index in [9.17, 15) is 9.59 Å². The number of benzene rings is 1. The van der Waals surface area contributed by atoms with Gasteiger partial charge in [-0.05, 0) is 38.3 Å². The molecule has 1 N–H and O–H groups in total. The van der Waals surface area contributed by atoms with Crippen LogP contribution in [-0.2, 0) is 27.4 Å². The fraction of sp³-hybridized carbons (Fsp3) is 0.421. The van der Waals surface area contributed by atoms with Crippen LogP contribution in [0.1, 0.15) is 30.9 Å². The highest BCUT2D eigenvalue weighted by molar-refractivity contribution is 5.91. The van der Waals surface area contributed by atoms with Gasteiger partial charge in [-0.2, -0.15) is 4.68 Å². The van der Waals surface area contributed by atoms with Crippen LogP contribution in [0.15, 0.2) is 36.7 Å². The molecule has 134 valence electrons. The number of rotatable bonds is 8. The minimum absolute atomic E-state index is 0.0762. The maximum atomic E-state index is 12.4. The number of carbonyl (C=O) groups is 2. The summed E-state index contributed by atoms with van der Waals surface area (Å²) in [6.07, 6.45) is 4.80. The Morgan fingerprint density at radius 1 is 1.20 bits per heavy atom. The number of hydrogen-bond donors (Lipinski definition) is 1. The number of ether oxygens (including phenoxy) is 1. The Kier molecular flexibility index (Phi) is 6.74. The van der Waals surface area contributed by atoms with E-state index in [4.69, 9.17) is 4.74 Å². The predicted octanol–water partition coefficient (Wildman–Crippen LogP) is 2.37. The van der Waals surface area contributed by atoms with Gasteiger partial charge in [0.25, 0.3) is 5.91 Å². The minimum Gasteiger partial charge on any atom is -0.466 e. The molecule has 2 aromatic rings. The number of aromatic nitrogens is 2. The van der Waals surface area contributed by atoms with Crippen molar-refractivity contribution in [2.45, 2.75) is 46.7 Å². The van der Waals surface area contributed by atoms with Gasteiger partial charge in [0, 0.05) is 18.2 Å². The predicted molar refractivity (Wildman–Crippen MR) is 95.0 cm³/mol. The van der Waals surface area contributed by atoms with Crippen LogP contribution < -0.4 is 10.00 Å². The lowest BCUT2D eigenvalue weighted by atomic mass is 10.1. The highest BCUT2D eigenvalue weighted by Crippen LogP contribution is 2.19. The average Bonchev–Trinajstić information content (AvgIpc) is 2.98. The molecule has 6 heteroatoms. The van der Waals surface area contributed by atoms with E-state index in [2.05, 4.69) is 5.32 Å². The zero-order valence-electron chi connectivity index (χ0n) is 15.1. The van der Waals surface area contributed by atoms with Crippen molar-refractivity contribution in [2.24, 2.45) is 0 Å². The Balaban J connectivity index is 1.91. The number of esters is 1. The van der Waals surface area contributed by atoms with E-state index in [1.165, 1.54) is 0 Å². The molecule has 1 heterocycles. The van der Waals surface area contributed by atoms with Gasteiger partial charge >= 0.3 is 5.97 Å². The van der Waals surface area contributed by atoms with E-state index < -0.39 is 0 Å². The van der Waals surface area contributed by atoms with E-state index in [0.717, 1.165) is 16.8 Å². The molecule has 0 aliphatic heterocycles. The smallest absolute Gasteiger partial charge is 0.305 e. The first-order chi connectivity index (χ1) is 12.0. The van der Waals surface area contributed by atoms with Crippen LogP contribution in [0, 0.1) is 13.8 Å². The van der Waals surface area contributed by atoms with Crippen LogP contribution in [-0.4, -0.2) is 23.2 Å². The maximum Gasteiger partial charge on any atom is 0.305 e. The van der Waals surface area contributed by atoms with E-state index in [0.29, 0.717) is 26.0 Å². The Bertz CT molecular complexity index is 717. The minimum atomic E-state index is -0.186. The summed E-state index contributed by atoms with van der Waals surface area (Å²) in [6, 6.07) is 7.82. The topological polar surface area (TPSA) is 64.2 Å². The highest BCUT2D eigenvalue weighted by Gasteiger charge is 2.16. The molecule has 0 radical (unpaired) electrons. The number of nitrogens with one attached hydrogen (secondary N) is 1. The van der Waals surface area contributed by atoms with Crippen molar-refractivity contribution in [1.82, 2.24) is 4.68 Å². The number of amides is 1. The first kappa shape index (κ1) is 18.7. The average molecular weight is 344 g/mol. The molecule has 6 nitrogen and oxygen atoms in total. The van der Waals surface area contributed by atoms with Crippen LogP contribution in [0.4, 0.5) is 5.69 Å². The molecule has 0 aliphatic carbocycles. The second-order valence-corrected chi connectivity index (χ2v) is 5.97. The molecule has 0 atom stereocenters. The van der Waals surface area contributed by atoms with Crippen LogP contribution >= 0.6 is 0 Å². The Hall–Kier alpha value is -2.63. The molecule has 1 aromatic carbocycles. The molecule has 1 amide bonds. The summed E-state index contributed by atoms with van der Waals surface area (Å²) >= 11 is 0. The van der Waals surface area contributed by atoms with Crippen molar-refractivity contribution >= 4 is 17.6 Å². The second-order valence-electron chi connectivity index (χ2n) is 5.97. The summed E-state index contributed by atoms with van der Waals surface area (Å²) in [5.41, 5.74) is 2.96. The zero-order valence-corrected chi connectivity index (χ0v) is 15.1. The molecule has 0 spiro atoms. The van der Waals surface area contributed by atoms with Gasteiger partial charge in [-0.15, -0.1) is 4.68 Å². The van der Waals surface area contributed by atoms with Crippen LogP contribution in [0.3, 0.4) is 0 Å². The van der Waals surface area contributed by atoms with Gasteiger partial charge in [-0.1, -0.05) is 18.2 Å². The van der Waals surface area contributed by atoms with E-state index >= 15 is 0 Å². The second kappa shape index (κ2) is 9.01. The molecule has 25 heavy (non-hydrogen) atoms. The molecule has 0 unspecified atom stereocenters. The van der Waals surface area contributed by atoms with Gasteiger partial charge in [0.1, 0.15) is 0 Å². The number of hydrogen-bond acceptors (Lipinski definition) is 3. The Labute approximate surface area is 148 Å². The van der Waals surface area contributed by atoms with Crippen molar-refractivity contribution in [3.8, 4) is 0 Å². The van der Waals surface area contributed by atoms with Crippen molar-refractivity contribution in [1.29, 1.82) is 0 Å².